The molecule has 78 valence electrons. The SMILES string of the molecule is COC1(C(N)c2cccs2)CCCC1. The van der Waals surface area contributed by atoms with Crippen molar-refractivity contribution in [2.75, 3.05) is 7.11 Å². The Morgan fingerprint density at radius 2 is 2.21 bits per heavy atom. The van der Waals surface area contributed by atoms with Gasteiger partial charge >= 0.3 is 0 Å². The highest BCUT2D eigenvalue weighted by Gasteiger charge is 2.40. The first kappa shape index (κ1) is 10.1. The molecule has 0 amide bonds. The Morgan fingerprint density at radius 1 is 1.50 bits per heavy atom. The van der Waals surface area contributed by atoms with Crippen LogP contribution >= 0.6 is 11.3 Å². The lowest BCUT2D eigenvalue weighted by molar-refractivity contribution is -0.0255. The van der Waals surface area contributed by atoms with E-state index >= 15 is 0 Å². The predicted molar refractivity (Wildman–Crippen MR) is 59.5 cm³/mol. The quantitative estimate of drug-likeness (QED) is 0.834. The van der Waals surface area contributed by atoms with Gasteiger partial charge in [-0.05, 0) is 24.3 Å². The van der Waals surface area contributed by atoms with Gasteiger partial charge in [-0.1, -0.05) is 18.9 Å². The predicted octanol–water partition coefficient (Wildman–Crippen LogP) is 2.71. The molecule has 0 spiro atoms. The van der Waals surface area contributed by atoms with E-state index in [9.17, 15) is 0 Å². The third-order valence-electron chi connectivity index (χ3n) is 3.27. The number of ether oxygens (including phenoxy) is 1. The van der Waals surface area contributed by atoms with E-state index in [0.29, 0.717) is 0 Å². The number of rotatable bonds is 3. The van der Waals surface area contributed by atoms with E-state index in [0.717, 1.165) is 12.8 Å². The molecule has 0 bridgehead atoms. The molecular formula is C11H17NOS. The smallest absolute Gasteiger partial charge is 0.0878 e. The van der Waals surface area contributed by atoms with Crippen molar-refractivity contribution in [1.82, 2.24) is 0 Å². The summed E-state index contributed by atoms with van der Waals surface area (Å²) in [4.78, 5) is 1.24. The molecule has 0 radical (unpaired) electrons. The van der Waals surface area contributed by atoms with Crippen molar-refractivity contribution in [3.05, 3.63) is 22.4 Å². The van der Waals surface area contributed by atoms with Crippen LogP contribution in [0.3, 0.4) is 0 Å². The van der Waals surface area contributed by atoms with Crippen LogP contribution in [0, 0.1) is 0 Å². The largest absolute Gasteiger partial charge is 0.376 e. The molecule has 0 aliphatic heterocycles. The Morgan fingerprint density at radius 3 is 2.71 bits per heavy atom. The Kier molecular flexibility index (Phi) is 2.91. The summed E-state index contributed by atoms with van der Waals surface area (Å²) in [7, 11) is 1.79. The maximum Gasteiger partial charge on any atom is 0.0878 e. The summed E-state index contributed by atoms with van der Waals surface area (Å²) in [5, 5.41) is 2.08. The Bertz CT molecular complexity index is 277. The highest BCUT2D eigenvalue weighted by atomic mass is 32.1. The summed E-state index contributed by atoms with van der Waals surface area (Å²) in [6.07, 6.45) is 4.69. The van der Waals surface area contributed by atoms with Crippen LogP contribution in [0.5, 0.6) is 0 Å². The van der Waals surface area contributed by atoms with Crippen molar-refractivity contribution in [3.63, 3.8) is 0 Å². The minimum Gasteiger partial charge on any atom is -0.376 e. The van der Waals surface area contributed by atoms with Gasteiger partial charge in [0.15, 0.2) is 0 Å². The van der Waals surface area contributed by atoms with Crippen molar-refractivity contribution in [2.45, 2.75) is 37.3 Å². The second-order valence-corrected chi connectivity index (χ2v) is 4.95. The van der Waals surface area contributed by atoms with E-state index in [1.54, 1.807) is 18.4 Å². The van der Waals surface area contributed by atoms with Gasteiger partial charge in [0.05, 0.1) is 11.6 Å². The lowest BCUT2D eigenvalue weighted by atomic mass is 9.91. The number of hydrogen-bond donors (Lipinski definition) is 1. The van der Waals surface area contributed by atoms with Crippen molar-refractivity contribution >= 4 is 11.3 Å². The molecule has 1 fully saturated rings. The van der Waals surface area contributed by atoms with E-state index in [1.165, 1.54) is 17.7 Å². The van der Waals surface area contributed by atoms with Crippen LogP contribution in [0.4, 0.5) is 0 Å². The van der Waals surface area contributed by atoms with E-state index < -0.39 is 0 Å². The Balaban J connectivity index is 2.19. The van der Waals surface area contributed by atoms with Crippen LogP contribution in [0.25, 0.3) is 0 Å². The van der Waals surface area contributed by atoms with Gasteiger partial charge in [0, 0.05) is 12.0 Å². The van der Waals surface area contributed by atoms with Gasteiger partial charge in [0.25, 0.3) is 0 Å². The van der Waals surface area contributed by atoms with Crippen LogP contribution in [0.1, 0.15) is 36.6 Å². The first-order valence-electron chi connectivity index (χ1n) is 5.13. The summed E-state index contributed by atoms with van der Waals surface area (Å²) >= 11 is 1.73. The van der Waals surface area contributed by atoms with E-state index in [4.69, 9.17) is 10.5 Å². The molecule has 0 saturated heterocycles. The molecule has 3 heteroatoms. The van der Waals surface area contributed by atoms with E-state index in [1.807, 2.05) is 0 Å². The number of thiophene rings is 1. The fourth-order valence-electron chi connectivity index (χ4n) is 2.34. The zero-order chi connectivity index (χ0) is 10.0. The maximum absolute atomic E-state index is 6.28. The molecule has 14 heavy (non-hydrogen) atoms. The molecule has 0 aromatic carbocycles. The van der Waals surface area contributed by atoms with E-state index in [-0.39, 0.29) is 11.6 Å². The molecule has 1 aliphatic carbocycles. The second kappa shape index (κ2) is 4.01. The average molecular weight is 211 g/mol. The first-order valence-corrected chi connectivity index (χ1v) is 6.00. The fraction of sp³-hybridized carbons (Fsp3) is 0.636. The molecule has 1 aromatic heterocycles. The van der Waals surface area contributed by atoms with Gasteiger partial charge in [0.2, 0.25) is 0 Å². The lowest BCUT2D eigenvalue weighted by Crippen LogP contribution is -2.40. The monoisotopic (exact) mass is 211 g/mol. The summed E-state index contributed by atoms with van der Waals surface area (Å²) in [6, 6.07) is 4.21. The van der Waals surface area contributed by atoms with Crippen molar-refractivity contribution in [2.24, 2.45) is 5.73 Å². The van der Waals surface area contributed by atoms with Gasteiger partial charge in [-0.3, -0.25) is 0 Å². The van der Waals surface area contributed by atoms with Crippen LogP contribution in [0.2, 0.25) is 0 Å². The van der Waals surface area contributed by atoms with Crippen LogP contribution in [-0.4, -0.2) is 12.7 Å². The van der Waals surface area contributed by atoms with Crippen LogP contribution in [-0.2, 0) is 4.74 Å². The lowest BCUT2D eigenvalue weighted by Gasteiger charge is -2.33. The zero-order valence-electron chi connectivity index (χ0n) is 8.53. The molecule has 1 heterocycles. The van der Waals surface area contributed by atoms with Crippen molar-refractivity contribution in [3.8, 4) is 0 Å². The topological polar surface area (TPSA) is 35.2 Å². The summed E-state index contributed by atoms with van der Waals surface area (Å²) in [5.74, 6) is 0. The Labute approximate surface area is 89.1 Å². The minimum atomic E-state index is -0.0924. The standard InChI is InChI=1S/C11H17NOS/c1-13-11(6-2-3-7-11)10(12)9-5-4-8-14-9/h4-5,8,10H,2-3,6-7,12H2,1H3. The minimum absolute atomic E-state index is 0.0509. The molecule has 1 aliphatic rings. The summed E-state index contributed by atoms with van der Waals surface area (Å²) in [6.45, 7) is 0. The first-order chi connectivity index (χ1) is 6.78. The van der Waals surface area contributed by atoms with Gasteiger partial charge in [-0.2, -0.15) is 0 Å². The van der Waals surface area contributed by atoms with Gasteiger partial charge in [0.1, 0.15) is 0 Å². The van der Waals surface area contributed by atoms with Crippen molar-refractivity contribution < 1.29 is 4.74 Å². The molecule has 2 nitrogen and oxygen atoms in total. The maximum atomic E-state index is 6.28. The number of nitrogens with two attached hydrogens (primary N) is 1. The molecule has 1 aromatic rings. The van der Waals surface area contributed by atoms with Crippen LogP contribution in [0.15, 0.2) is 17.5 Å². The molecule has 1 atom stereocenters. The fourth-order valence-corrected chi connectivity index (χ4v) is 3.18. The third-order valence-corrected chi connectivity index (χ3v) is 4.23. The second-order valence-electron chi connectivity index (χ2n) is 3.97. The molecule has 2 N–H and O–H groups in total. The van der Waals surface area contributed by atoms with Crippen LogP contribution < -0.4 is 5.73 Å². The Hall–Kier alpha value is -0.380. The normalized spacial score (nSPS) is 22.4. The summed E-state index contributed by atoms with van der Waals surface area (Å²) in [5.41, 5.74) is 6.18. The van der Waals surface area contributed by atoms with E-state index in [2.05, 4.69) is 17.5 Å². The molecule has 1 unspecified atom stereocenters. The third kappa shape index (κ3) is 1.60. The van der Waals surface area contributed by atoms with Gasteiger partial charge in [-0.25, -0.2) is 0 Å². The number of methoxy groups -OCH3 is 1. The molecule has 2 rings (SSSR count). The van der Waals surface area contributed by atoms with Gasteiger partial charge < -0.3 is 10.5 Å². The molecule has 1 saturated carbocycles. The number of hydrogen-bond acceptors (Lipinski definition) is 3. The summed E-state index contributed by atoms with van der Waals surface area (Å²) < 4.78 is 5.67. The van der Waals surface area contributed by atoms with Gasteiger partial charge in [-0.15, -0.1) is 11.3 Å². The average Bonchev–Trinajstić information content (AvgIpc) is 2.89. The molecular weight excluding hydrogens is 194 g/mol. The highest BCUT2D eigenvalue weighted by Crippen LogP contribution is 2.42. The zero-order valence-corrected chi connectivity index (χ0v) is 9.35. The van der Waals surface area contributed by atoms with Crippen molar-refractivity contribution in [1.29, 1.82) is 0 Å². The highest BCUT2D eigenvalue weighted by molar-refractivity contribution is 7.10.